The Morgan fingerprint density at radius 2 is 1.66 bits per heavy atom. The maximum atomic E-state index is 12.5. The monoisotopic (exact) mass is 455 g/mol. The van der Waals surface area contributed by atoms with E-state index >= 15 is 0 Å². The molecule has 10 N–H and O–H groups in total. The Bertz CT molecular complexity index is 813. The van der Waals surface area contributed by atoms with Crippen molar-refractivity contribution in [3.63, 3.8) is 0 Å². The van der Waals surface area contributed by atoms with Crippen molar-refractivity contribution in [1.29, 1.82) is 0 Å². The lowest BCUT2D eigenvalue weighted by molar-refractivity contribution is -0.143. The number of aliphatic hydroxyl groups is 1. The molecule has 0 bridgehead atoms. The zero-order chi connectivity index (χ0) is 24.4. The van der Waals surface area contributed by atoms with Gasteiger partial charge in [0.25, 0.3) is 0 Å². The van der Waals surface area contributed by atoms with E-state index in [2.05, 4.69) is 25.9 Å². The number of aliphatic carboxylic acids is 1. The first-order valence-corrected chi connectivity index (χ1v) is 9.72. The van der Waals surface area contributed by atoms with Crippen LogP contribution >= 0.6 is 0 Å². The number of nitrogens with two attached hydrogens (primary N) is 2. The summed E-state index contributed by atoms with van der Waals surface area (Å²) >= 11 is 0. The number of carbonyl (C=O) groups excluding carboxylic acids is 4. The van der Waals surface area contributed by atoms with Crippen molar-refractivity contribution in [2.24, 2.45) is 17.4 Å². The number of nitrogens with zero attached hydrogens (tertiary/aromatic N) is 1. The summed E-state index contributed by atoms with van der Waals surface area (Å²) in [6.45, 7) is 2.29. The number of imidazole rings is 1. The molecule has 1 aromatic heterocycles. The first-order valence-electron chi connectivity index (χ1n) is 9.72. The second kappa shape index (κ2) is 12.4. The number of hydrogen-bond acceptors (Lipinski definition) is 8. The van der Waals surface area contributed by atoms with Gasteiger partial charge in [-0.05, 0) is 5.92 Å². The van der Waals surface area contributed by atoms with Gasteiger partial charge in [-0.2, -0.15) is 0 Å². The van der Waals surface area contributed by atoms with Gasteiger partial charge in [0.1, 0.15) is 18.1 Å². The predicted octanol–water partition coefficient (Wildman–Crippen LogP) is -3.66. The number of aliphatic hydroxyl groups excluding tert-OH is 1. The van der Waals surface area contributed by atoms with Crippen LogP contribution in [0.4, 0.5) is 0 Å². The van der Waals surface area contributed by atoms with Crippen LogP contribution in [-0.2, 0) is 30.4 Å². The third-order valence-corrected chi connectivity index (χ3v) is 4.42. The van der Waals surface area contributed by atoms with E-state index in [0.29, 0.717) is 5.69 Å². The Morgan fingerprint density at radius 3 is 2.12 bits per heavy atom. The fourth-order valence-corrected chi connectivity index (χ4v) is 2.65. The van der Waals surface area contributed by atoms with Crippen molar-refractivity contribution >= 4 is 29.6 Å². The van der Waals surface area contributed by atoms with E-state index in [1.54, 1.807) is 13.8 Å². The number of H-pyrrole nitrogens is 1. The van der Waals surface area contributed by atoms with Gasteiger partial charge in [-0.3, -0.25) is 19.2 Å². The summed E-state index contributed by atoms with van der Waals surface area (Å²) in [5, 5.41) is 25.4. The number of amides is 4. The molecule has 0 aliphatic heterocycles. The van der Waals surface area contributed by atoms with Gasteiger partial charge in [0, 0.05) is 18.3 Å². The highest BCUT2D eigenvalue weighted by atomic mass is 16.4. The molecule has 4 amide bonds. The summed E-state index contributed by atoms with van der Waals surface area (Å²) in [7, 11) is 0. The highest BCUT2D eigenvalue weighted by Crippen LogP contribution is 2.04. The maximum absolute atomic E-state index is 12.5. The van der Waals surface area contributed by atoms with Gasteiger partial charge < -0.3 is 42.6 Å². The molecule has 0 aliphatic rings. The minimum Gasteiger partial charge on any atom is -0.480 e. The van der Waals surface area contributed by atoms with E-state index in [-0.39, 0.29) is 6.42 Å². The van der Waals surface area contributed by atoms with Crippen LogP contribution in [0.1, 0.15) is 26.0 Å². The standard InChI is InChI=1S/C18H29N7O7/c1-8(2)14(18(31)32)25-16(29)11(4-13(20)27)23-17(30)12(6-26)24-15(28)10(19)3-9-5-21-7-22-9/h5,7-8,10-12,14,26H,3-4,6,19H2,1-2H3,(H2,20,27)(H,21,22)(H,23,30)(H,24,28)(H,25,29)(H,31,32). The van der Waals surface area contributed by atoms with Crippen molar-refractivity contribution in [1.82, 2.24) is 25.9 Å². The Labute approximate surface area is 183 Å². The number of carbonyl (C=O) groups is 5. The first-order chi connectivity index (χ1) is 15.0. The molecule has 0 fully saturated rings. The molecular formula is C18H29N7O7. The van der Waals surface area contributed by atoms with Gasteiger partial charge in [-0.1, -0.05) is 13.8 Å². The average Bonchev–Trinajstić information content (AvgIpc) is 3.21. The third kappa shape index (κ3) is 8.31. The average molecular weight is 455 g/mol. The summed E-state index contributed by atoms with van der Waals surface area (Å²) in [5.41, 5.74) is 11.5. The van der Waals surface area contributed by atoms with E-state index in [4.69, 9.17) is 11.5 Å². The van der Waals surface area contributed by atoms with E-state index in [0.717, 1.165) is 0 Å². The number of carboxylic acids is 1. The summed E-state index contributed by atoms with van der Waals surface area (Å²) in [6, 6.07) is -5.35. The molecule has 32 heavy (non-hydrogen) atoms. The molecule has 1 aromatic rings. The molecule has 4 unspecified atom stereocenters. The number of nitrogens with one attached hydrogen (secondary N) is 4. The highest BCUT2D eigenvalue weighted by molar-refractivity contribution is 5.96. The largest absolute Gasteiger partial charge is 0.480 e. The second-order valence-electron chi connectivity index (χ2n) is 7.43. The molecule has 178 valence electrons. The van der Waals surface area contributed by atoms with E-state index in [1.165, 1.54) is 12.5 Å². The first kappa shape index (κ1) is 26.5. The molecule has 0 radical (unpaired) electrons. The van der Waals surface area contributed by atoms with Crippen LogP contribution in [0.3, 0.4) is 0 Å². The summed E-state index contributed by atoms with van der Waals surface area (Å²) in [5.74, 6) is -5.43. The van der Waals surface area contributed by atoms with Gasteiger partial charge in [-0.15, -0.1) is 0 Å². The number of aromatic amines is 1. The van der Waals surface area contributed by atoms with Gasteiger partial charge in [0.15, 0.2) is 0 Å². The fraction of sp³-hybridized carbons (Fsp3) is 0.556. The molecule has 0 aliphatic carbocycles. The summed E-state index contributed by atoms with van der Waals surface area (Å²) in [6.07, 6.45) is 2.33. The summed E-state index contributed by atoms with van der Waals surface area (Å²) < 4.78 is 0. The van der Waals surface area contributed by atoms with Crippen molar-refractivity contribution in [3.8, 4) is 0 Å². The molecule has 0 saturated carbocycles. The van der Waals surface area contributed by atoms with E-state index in [9.17, 15) is 34.2 Å². The van der Waals surface area contributed by atoms with Crippen LogP contribution in [-0.4, -0.2) is 80.6 Å². The molecule has 1 rings (SSSR count). The molecule has 0 saturated heterocycles. The van der Waals surface area contributed by atoms with Crippen molar-refractivity contribution in [2.45, 2.75) is 50.9 Å². The Kier molecular flexibility index (Phi) is 10.2. The van der Waals surface area contributed by atoms with Gasteiger partial charge >= 0.3 is 5.97 Å². The lowest BCUT2D eigenvalue weighted by Crippen LogP contribution is -2.59. The number of hydrogen-bond donors (Lipinski definition) is 8. The zero-order valence-corrected chi connectivity index (χ0v) is 17.7. The van der Waals surface area contributed by atoms with Crippen molar-refractivity contribution in [3.05, 3.63) is 18.2 Å². The number of aromatic nitrogens is 2. The Hall–Kier alpha value is -3.52. The van der Waals surface area contributed by atoms with Gasteiger partial charge in [0.2, 0.25) is 23.6 Å². The lowest BCUT2D eigenvalue weighted by atomic mass is 10.0. The number of carboxylic acid groups (broad SMARTS) is 1. The Morgan fingerprint density at radius 1 is 1.06 bits per heavy atom. The summed E-state index contributed by atoms with van der Waals surface area (Å²) in [4.78, 5) is 66.4. The topological polar surface area (TPSA) is 243 Å². The van der Waals surface area contributed by atoms with Crippen LogP contribution in [0, 0.1) is 5.92 Å². The Balaban J connectivity index is 2.82. The van der Waals surface area contributed by atoms with Crippen LogP contribution in [0.5, 0.6) is 0 Å². The smallest absolute Gasteiger partial charge is 0.326 e. The molecule has 1 heterocycles. The van der Waals surface area contributed by atoms with E-state index in [1.807, 2.05) is 0 Å². The second-order valence-corrected chi connectivity index (χ2v) is 7.43. The third-order valence-electron chi connectivity index (χ3n) is 4.42. The molecule has 14 heteroatoms. The number of primary amides is 1. The SMILES string of the molecule is CC(C)C(NC(=O)C(CC(N)=O)NC(=O)C(CO)NC(=O)C(N)Cc1cnc[nH]1)C(=O)O. The zero-order valence-electron chi connectivity index (χ0n) is 17.7. The van der Waals surface area contributed by atoms with Gasteiger partial charge in [-0.25, -0.2) is 9.78 Å². The van der Waals surface area contributed by atoms with Crippen molar-refractivity contribution in [2.75, 3.05) is 6.61 Å². The molecule has 4 atom stereocenters. The quantitative estimate of drug-likeness (QED) is 0.146. The van der Waals surface area contributed by atoms with Crippen LogP contribution in [0.2, 0.25) is 0 Å². The minimum absolute atomic E-state index is 0.0874. The molecule has 0 spiro atoms. The molecular weight excluding hydrogens is 426 g/mol. The minimum atomic E-state index is -1.52. The van der Waals surface area contributed by atoms with Gasteiger partial charge in [0.05, 0.1) is 25.4 Å². The van der Waals surface area contributed by atoms with Crippen LogP contribution in [0.25, 0.3) is 0 Å². The fourth-order valence-electron chi connectivity index (χ4n) is 2.65. The van der Waals surface area contributed by atoms with Crippen LogP contribution in [0.15, 0.2) is 12.5 Å². The van der Waals surface area contributed by atoms with Crippen LogP contribution < -0.4 is 27.4 Å². The predicted molar refractivity (Wildman–Crippen MR) is 109 cm³/mol. The maximum Gasteiger partial charge on any atom is 0.326 e. The highest BCUT2D eigenvalue weighted by Gasteiger charge is 2.32. The number of rotatable bonds is 13. The molecule has 0 aromatic carbocycles. The van der Waals surface area contributed by atoms with E-state index < -0.39 is 72.7 Å². The van der Waals surface area contributed by atoms with Crippen molar-refractivity contribution < 1.29 is 34.2 Å². The lowest BCUT2D eigenvalue weighted by Gasteiger charge is -2.24. The normalized spacial score (nSPS) is 14.7. The molecule has 14 nitrogen and oxygen atoms in total.